The Morgan fingerprint density at radius 2 is 1.81 bits per heavy atom. The van der Waals surface area contributed by atoms with Crippen LogP contribution >= 0.6 is 15.9 Å². The van der Waals surface area contributed by atoms with Crippen molar-refractivity contribution in [2.45, 2.75) is 6.54 Å². The van der Waals surface area contributed by atoms with Gasteiger partial charge in [0.25, 0.3) is 5.91 Å². The highest BCUT2D eigenvalue weighted by Crippen LogP contribution is 2.11. The Kier molecular flexibility index (Phi) is 6.00. The third-order valence-corrected chi connectivity index (χ3v) is 3.68. The van der Waals surface area contributed by atoms with Crippen LogP contribution in [-0.2, 0) is 11.3 Å². The molecule has 1 amide bonds. The Labute approximate surface area is 158 Å². The van der Waals surface area contributed by atoms with Crippen LogP contribution in [0, 0.1) is 0 Å². The zero-order chi connectivity index (χ0) is 18.2. The van der Waals surface area contributed by atoms with Gasteiger partial charge in [-0.1, -0.05) is 60.7 Å². The first-order valence-corrected chi connectivity index (χ1v) is 8.57. The summed E-state index contributed by atoms with van der Waals surface area (Å²) in [6, 6.07) is 19.2. The molecule has 1 aromatic heterocycles. The Bertz CT molecular complexity index is 921. The minimum absolute atomic E-state index is 0.0722. The number of carbonyl (C=O) groups excluding carboxylic acids is 1. The average Bonchev–Trinajstić information content (AvgIpc) is 3.11. The SMILES string of the molecule is O=C(Cn1nnc(-c2ccccc2)n1)N/N=C/C(Br)=C/c1ccccc1. The highest BCUT2D eigenvalue weighted by atomic mass is 79.9. The van der Waals surface area contributed by atoms with Crippen molar-refractivity contribution in [3.05, 3.63) is 70.7 Å². The van der Waals surface area contributed by atoms with Crippen molar-refractivity contribution >= 4 is 34.1 Å². The predicted molar refractivity (Wildman–Crippen MR) is 103 cm³/mol. The molecule has 3 rings (SSSR count). The van der Waals surface area contributed by atoms with E-state index >= 15 is 0 Å². The number of allylic oxidation sites excluding steroid dienone is 1. The highest BCUT2D eigenvalue weighted by molar-refractivity contribution is 9.12. The Morgan fingerprint density at radius 3 is 2.54 bits per heavy atom. The van der Waals surface area contributed by atoms with Gasteiger partial charge < -0.3 is 0 Å². The standard InChI is InChI=1S/C18H15BrN6O/c19-16(11-14-7-3-1-4-8-14)12-20-21-17(26)13-25-23-18(22-24-25)15-9-5-2-6-10-15/h1-12H,13H2,(H,21,26)/b16-11-,20-12+. The molecule has 0 atom stereocenters. The van der Waals surface area contributed by atoms with E-state index < -0.39 is 0 Å². The van der Waals surface area contributed by atoms with Crippen LogP contribution in [0.2, 0.25) is 0 Å². The monoisotopic (exact) mass is 410 g/mol. The molecule has 0 bridgehead atoms. The summed E-state index contributed by atoms with van der Waals surface area (Å²) in [5.41, 5.74) is 4.29. The first-order chi connectivity index (χ1) is 12.7. The van der Waals surface area contributed by atoms with Gasteiger partial charge in [0.15, 0.2) is 0 Å². The topological polar surface area (TPSA) is 85.1 Å². The molecule has 0 saturated heterocycles. The lowest BCUT2D eigenvalue weighted by molar-refractivity contribution is -0.122. The Morgan fingerprint density at radius 1 is 1.12 bits per heavy atom. The van der Waals surface area contributed by atoms with Gasteiger partial charge in [0.1, 0.15) is 6.54 Å². The number of hydrazone groups is 1. The second kappa shape index (κ2) is 8.82. The molecule has 2 aromatic carbocycles. The van der Waals surface area contributed by atoms with E-state index in [0.717, 1.165) is 15.6 Å². The largest absolute Gasteiger partial charge is 0.271 e. The summed E-state index contributed by atoms with van der Waals surface area (Å²) in [5.74, 6) is 0.119. The number of rotatable bonds is 6. The minimum atomic E-state index is -0.349. The summed E-state index contributed by atoms with van der Waals surface area (Å²) in [7, 11) is 0. The molecule has 0 aliphatic rings. The summed E-state index contributed by atoms with van der Waals surface area (Å²) in [5, 5.41) is 15.9. The third-order valence-electron chi connectivity index (χ3n) is 3.25. The van der Waals surface area contributed by atoms with Crippen LogP contribution in [0.1, 0.15) is 5.56 Å². The first kappa shape index (κ1) is 17.7. The Hall–Kier alpha value is -3.13. The summed E-state index contributed by atoms with van der Waals surface area (Å²) < 4.78 is 0.731. The van der Waals surface area contributed by atoms with Crippen molar-refractivity contribution in [1.29, 1.82) is 0 Å². The van der Waals surface area contributed by atoms with Gasteiger partial charge in [-0.3, -0.25) is 4.79 Å². The molecule has 1 heterocycles. The number of nitrogens with one attached hydrogen (secondary N) is 1. The second-order valence-corrected chi connectivity index (χ2v) is 6.16. The van der Waals surface area contributed by atoms with Crippen LogP contribution < -0.4 is 5.43 Å². The van der Waals surface area contributed by atoms with Crippen LogP contribution in [0.3, 0.4) is 0 Å². The van der Waals surface area contributed by atoms with Crippen LogP contribution in [0.15, 0.2) is 70.2 Å². The number of halogens is 1. The van der Waals surface area contributed by atoms with E-state index in [9.17, 15) is 4.79 Å². The van der Waals surface area contributed by atoms with Crippen molar-refractivity contribution in [2.75, 3.05) is 0 Å². The molecule has 0 unspecified atom stereocenters. The lowest BCUT2D eigenvalue weighted by Crippen LogP contribution is -2.24. The minimum Gasteiger partial charge on any atom is -0.271 e. The van der Waals surface area contributed by atoms with Gasteiger partial charge in [-0.2, -0.15) is 9.90 Å². The molecule has 0 fully saturated rings. The summed E-state index contributed by atoms with van der Waals surface area (Å²) in [4.78, 5) is 13.1. The van der Waals surface area contributed by atoms with E-state index in [0.29, 0.717) is 5.82 Å². The fraction of sp³-hybridized carbons (Fsp3) is 0.0556. The maximum absolute atomic E-state index is 11.9. The van der Waals surface area contributed by atoms with E-state index in [-0.39, 0.29) is 12.5 Å². The van der Waals surface area contributed by atoms with Gasteiger partial charge in [-0.25, -0.2) is 5.43 Å². The molecule has 8 heteroatoms. The molecule has 0 spiro atoms. The van der Waals surface area contributed by atoms with E-state index in [4.69, 9.17) is 0 Å². The van der Waals surface area contributed by atoms with Crippen molar-refractivity contribution in [3.8, 4) is 11.4 Å². The molecule has 0 aliphatic heterocycles. The second-order valence-electron chi connectivity index (χ2n) is 5.24. The zero-order valence-corrected chi connectivity index (χ0v) is 15.2. The number of benzene rings is 2. The number of nitrogens with zero attached hydrogens (tertiary/aromatic N) is 5. The molecule has 0 saturated carbocycles. The molecule has 0 aliphatic carbocycles. The molecule has 3 aromatic rings. The number of tetrazole rings is 1. The van der Waals surface area contributed by atoms with Crippen molar-refractivity contribution in [2.24, 2.45) is 5.10 Å². The third kappa shape index (κ3) is 5.18. The van der Waals surface area contributed by atoms with E-state index in [2.05, 4.69) is 41.9 Å². The van der Waals surface area contributed by atoms with E-state index in [1.807, 2.05) is 66.7 Å². The summed E-state index contributed by atoms with van der Waals surface area (Å²) in [6.45, 7) is -0.0722. The number of carbonyl (C=O) groups is 1. The molecular weight excluding hydrogens is 396 g/mol. The lowest BCUT2D eigenvalue weighted by atomic mass is 10.2. The number of amides is 1. The smallest absolute Gasteiger partial charge is 0.263 e. The van der Waals surface area contributed by atoms with E-state index in [1.54, 1.807) is 0 Å². The number of hydrogen-bond donors (Lipinski definition) is 1. The normalized spacial score (nSPS) is 11.7. The van der Waals surface area contributed by atoms with Crippen LogP contribution in [0.25, 0.3) is 17.5 Å². The van der Waals surface area contributed by atoms with Gasteiger partial charge in [0.2, 0.25) is 5.82 Å². The van der Waals surface area contributed by atoms with Gasteiger partial charge in [-0.05, 0) is 32.8 Å². The molecule has 0 radical (unpaired) electrons. The zero-order valence-electron chi connectivity index (χ0n) is 13.7. The van der Waals surface area contributed by atoms with Crippen LogP contribution in [0.5, 0.6) is 0 Å². The molecule has 7 nitrogen and oxygen atoms in total. The maximum atomic E-state index is 11.9. The van der Waals surface area contributed by atoms with Crippen LogP contribution in [0.4, 0.5) is 0 Å². The van der Waals surface area contributed by atoms with Crippen molar-refractivity contribution in [1.82, 2.24) is 25.6 Å². The maximum Gasteiger partial charge on any atom is 0.263 e. The number of hydrogen-bond acceptors (Lipinski definition) is 5. The molecule has 26 heavy (non-hydrogen) atoms. The average molecular weight is 411 g/mol. The quantitative estimate of drug-likeness (QED) is 0.499. The molecule has 1 N–H and O–H groups in total. The van der Waals surface area contributed by atoms with Crippen molar-refractivity contribution < 1.29 is 4.79 Å². The summed E-state index contributed by atoms with van der Waals surface area (Å²) >= 11 is 3.38. The van der Waals surface area contributed by atoms with E-state index in [1.165, 1.54) is 11.0 Å². The predicted octanol–water partition coefficient (Wildman–Crippen LogP) is 2.88. The summed E-state index contributed by atoms with van der Waals surface area (Å²) in [6.07, 6.45) is 3.40. The van der Waals surface area contributed by atoms with Crippen molar-refractivity contribution in [3.63, 3.8) is 0 Å². The molecular formula is C18H15BrN6O. The van der Waals surface area contributed by atoms with Gasteiger partial charge in [0.05, 0.1) is 6.21 Å². The van der Waals surface area contributed by atoms with Gasteiger partial charge in [-0.15, -0.1) is 10.2 Å². The fourth-order valence-electron chi connectivity index (χ4n) is 2.09. The fourth-order valence-corrected chi connectivity index (χ4v) is 2.46. The van der Waals surface area contributed by atoms with Gasteiger partial charge in [0, 0.05) is 10.0 Å². The Balaban J connectivity index is 1.53. The van der Waals surface area contributed by atoms with Crippen LogP contribution in [-0.4, -0.2) is 32.3 Å². The highest BCUT2D eigenvalue weighted by Gasteiger charge is 2.08. The lowest BCUT2D eigenvalue weighted by Gasteiger charge is -1.98. The number of aromatic nitrogens is 4. The first-order valence-electron chi connectivity index (χ1n) is 7.78. The van der Waals surface area contributed by atoms with Gasteiger partial charge >= 0.3 is 0 Å². The molecule has 130 valence electrons.